The number of carbonyl (C=O) groups is 2. The van der Waals surface area contributed by atoms with Gasteiger partial charge in [-0.15, -0.1) is 0 Å². The van der Waals surface area contributed by atoms with Crippen LogP contribution in [0.4, 0.5) is 4.39 Å². The fraction of sp³-hybridized carbons (Fsp3) is 0.208. The molecule has 2 aromatic carbocycles. The van der Waals surface area contributed by atoms with Crippen molar-refractivity contribution < 1.29 is 28.0 Å². The Balaban J connectivity index is 1.45. The summed E-state index contributed by atoms with van der Waals surface area (Å²) in [6.07, 6.45) is 3.74. The topological polar surface area (TPSA) is 81.9 Å². The van der Waals surface area contributed by atoms with Crippen LogP contribution in [0.3, 0.4) is 0 Å². The van der Waals surface area contributed by atoms with Gasteiger partial charge in [0.1, 0.15) is 11.5 Å². The number of methoxy groups -OCH3 is 1. The van der Waals surface area contributed by atoms with Crippen molar-refractivity contribution in [2.45, 2.75) is 19.9 Å². The van der Waals surface area contributed by atoms with Crippen LogP contribution in [0.15, 0.2) is 53.1 Å². The Kier molecular flexibility index (Phi) is 6.02. The number of aromatic nitrogens is 1. The van der Waals surface area contributed by atoms with E-state index >= 15 is 0 Å². The fourth-order valence-corrected chi connectivity index (χ4v) is 3.55. The Morgan fingerprint density at radius 2 is 1.94 bits per heavy atom. The zero-order valence-corrected chi connectivity index (χ0v) is 17.6. The Morgan fingerprint density at radius 1 is 1.16 bits per heavy atom. The van der Waals surface area contributed by atoms with Crippen LogP contribution < -0.4 is 9.47 Å². The molecular weight excluding hydrogens is 415 g/mol. The van der Waals surface area contributed by atoms with Crippen LogP contribution in [0, 0.1) is 5.82 Å². The van der Waals surface area contributed by atoms with E-state index in [9.17, 15) is 14.0 Å². The summed E-state index contributed by atoms with van der Waals surface area (Å²) in [4.78, 5) is 25.6. The molecular formula is C24H21FN2O5. The molecule has 0 saturated carbocycles. The molecule has 0 spiro atoms. The molecule has 4 rings (SSSR count). The van der Waals surface area contributed by atoms with E-state index < -0.39 is 5.97 Å². The summed E-state index contributed by atoms with van der Waals surface area (Å²) in [5, 5.41) is 4.12. The minimum Gasteiger partial charge on any atom is -0.493 e. The van der Waals surface area contributed by atoms with Gasteiger partial charge in [-0.05, 0) is 54.5 Å². The Labute approximate surface area is 184 Å². The zero-order valence-electron chi connectivity index (χ0n) is 17.6. The van der Waals surface area contributed by atoms with Gasteiger partial charge < -0.3 is 18.9 Å². The van der Waals surface area contributed by atoms with E-state index in [0.717, 1.165) is 16.7 Å². The van der Waals surface area contributed by atoms with Gasteiger partial charge in [0, 0.05) is 30.7 Å². The highest BCUT2D eigenvalue weighted by molar-refractivity contribution is 5.92. The van der Waals surface area contributed by atoms with Crippen molar-refractivity contribution >= 4 is 18.0 Å². The molecule has 7 nitrogen and oxygen atoms in total. The molecule has 1 aliphatic rings. The third-order valence-electron chi connectivity index (χ3n) is 5.12. The van der Waals surface area contributed by atoms with Crippen molar-refractivity contribution in [3.05, 3.63) is 71.2 Å². The van der Waals surface area contributed by atoms with Gasteiger partial charge in [-0.2, -0.15) is 0 Å². The number of hydrogen-bond acceptors (Lipinski definition) is 6. The smallest absolute Gasteiger partial charge is 0.308 e. The summed E-state index contributed by atoms with van der Waals surface area (Å²) in [7, 11) is 1.48. The standard InChI is InChI=1S/C24H21FN2O5/c1-15(28)31-21-9-3-16(13-22(21)30-2)4-10-23(29)27-12-11-19-20(14-27)26-32-24(19)17-5-7-18(25)8-6-17/h3-10,13H,11-12,14H2,1-2H3/b10-4+. The molecule has 0 bridgehead atoms. The van der Waals surface area contributed by atoms with E-state index in [-0.39, 0.29) is 11.7 Å². The van der Waals surface area contributed by atoms with E-state index in [0.29, 0.717) is 42.5 Å². The highest BCUT2D eigenvalue weighted by Gasteiger charge is 2.26. The number of benzene rings is 2. The predicted molar refractivity (Wildman–Crippen MR) is 114 cm³/mol. The number of ether oxygens (including phenoxy) is 2. The van der Waals surface area contributed by atoms with E-state index in [1.165, 1.54) is 32.2 Å². The molecule has 32 heavy (non-hydrogen) atoms. The molecule has 8 heteroatoms. The molecule has 0 N–H and O–H groups in total. The minimum absolute atomic E-state index is 0.162. The van der Waals surface area contributed by atoms with Crippen molar-refractivity contribution in [2.75, 3.05) is 13.7 Å². The van der Waals surface area contributed by atoms with Gasteiger partial charge in [0.05, 0.1) is 13.7 Å². The molecule has 0 unspecified atom stereocenters. The maximum absolute atomic E-state index is 13.2. The molecule has 1 aromatic heterocycles. The summed E-state index contributed by atoms with van der Waals surface area (Å²) in [6, 6.07) is 11.1. The number of nitrogens with zero attached hydrogens (tertiary/aromatic N) is 2. The second-order valence-electron chi connectivity index (χ2n) is 7.29. The van der Waals surface area contributed by atoms with Crippen molar-refractivity contribution in [3.8, 4) is 22.8 Å². The van der Waals surface area contributed by atoms with Crippen molar-refractivity contribution in [3.63, 3.8) is 0 Å². The Bertz CT molecular complexity index is 1180. The first kappa shape index (κ1) is 21.3. The molecule has 1 aliphatic heterocycles. The largest absolute Gasteiger partial charge is 0.493 e. The summed E-state index contributed by atoms with van der Waals surface area (Å²) < 4.78 is 29.0. The van der Waals surface area contributed by atoms with Crippen LogP contribution in [0.25, 0.3) is 17.4 Å². The van der Waals surface area contributed by atoms with Gasteiger partial charge in [-0.3, -0.25) is 9.59 Å². The van der Waals surface area contributed by atoms with Gasteiger partial charge in [-0.1, -0.05) is 11.2 Å². The van der Waals surface area contributed by atoms with Crippen LogP contribution in [-0.4, -0.2) is 35.6 Å². The van der Waals surface area contributed by atoms with Gasteiger partial charge in [-0.25, -0.2) is 4.39 Å². The van der Waals surface area contributed by atoms with Gasteiger partial charge >= 0.3 is 5.97 Å². The number of hydrogen-bond donors (Lipinski definition) is 0. The quantitative estimate of drug-likeness (QED) is 0.342. The molecule has 3 aromatic rings. The number of esters is 1. The average molecular weight is 436 g/mol. The molecule has 2 heterocycles. The monoisotopic (exact) mass is 436 g/mol. The third-order valence-corrected chi connectivity index (χ3v) is 5.12. The lowest BCUT2D eigenvalue weighted by atomic mass is 10.0. The Morgan fingerprint density at radius 3 is 2.66 bits per heavy atom. The van der Waals surface area contributed by atoms with Crippen molar-refractivity contribution in [1.82, 2.24) is 10.1 Å². The lowest BCUT2D eigenvalue weighted by Gasteiger charge is -2.24. The van der Waals surface area contributed by atoms with E-state index in [1.807, 2.05) is 0 Å². The fourth-order valence-electron chi connectivity index (χ4n) is 3.55. The first-order valence-electron chi connectivity index (χ1n) is 10.0. The zero-order chi connectivity index (χ0) is 22.7. The molecule has 164 valence electrons. The highest BCUT2D eigenvalue weighted by atomic mass is 19.1. The SMILES string of the molecule is COc1cc(/C=C/C(=O)N2CCc3c(noc3-c3ccc(F)cc3)C2)ccc1OC(C)=O. The van der Waals surface area contributed by atoms with Gasteiger partial charge in [0.25, 0.3) is 0 Å². The van der Waals surface area contributed by atoms with Crippen LogP contribution in [-0.2, 0) is 22.6 Å². The third kappa shape index (κ3) is 4.54. The number of rotatable bonds is 5. The second kappa shape index (κ2) is 9.05. The molecule has 0 saturated heterocycles. The number of halogens is 1. The average Bonchev–Trinajstić information content (AvgIpc) is 3.21. The Hall–Kier alpha value is -3.94. The normalized spacial score (nSPS) is 13.2. The van der Waals surface area contributed by atoms with Crippen LogP contribution in [0.1, 0.15) is 23.7 Å². The van der Waals surface area contributed by atoms with E-state index in [1.54, 1.807) is 41.3 Å². The lowest BCUT2D eigenvalue weighted by Crippen LogP contribution is -2.34. The first-order valence-corrected chi connectivity index (χ1v) is 10.0. The molecule has 0 atom stereocenters. The summed E-state index contributed by atoms with van der Waals surface area (Å²) in [5.41, 5.74) is 3.12. The number of amides is 1. The predicted octanol–water partition coefficient (Wildman–Crippen LogP) is 4.01. The molecule has 1 amide bonds. The first-order chi connectivity index (χ1) is 15.4. The van der Waals surface area contributed by atoms with Crippen LogP contribution in [0.5, 0.6) is 11.5 Å². The molecule has 0 aliphatic carbocycles. The van der Waals surface area contributed by atoms with E-state index in [2.05, 4.69) is 5.16 Å². The number of fused-ring (bicyclic) bond motifs is 1. The highest BCUT2D eigenvalue weighted by Crippen LogP contribution is 2.31. The molecule has 0 fully saturated rings. The molecule has 0 radical (unpaired) electrons. The summed E-state index contributed by atoms with van der Waals surface area (Å²) >= 11 is 0. The van der Waals surface area contributed by atoms with Gasteiger partial charge in [0.2, 0.25) is 5.91 Å². The van der Waals surface area contributed by atoms with Crippen molar-refractivity contribution in [1.29, 1.82) is 0 Å². The van der Waals surface area contributed by atoms with Gasteiger partial charge in [0.15, 0.2) is 17.3 Å². The summed E-state index contributed by atoms with van der Waals surface area (Å²) in [6.45, 7) is 2.16. The van der Waals surface area contributed by atoms with Crippen molar-refractivity contribution in [2.24, 2.45) is 0 Å². The maximum atomic E-state index is 13.2. The number of carbonyl (C=O) groups excluding carboxylic acids is 2. The lowest BCUT2D eigenvalue weighted by molar-refractivity contribution is -0.132. The summed E-state index contributed by atoms with van der Waals surface area (Å²) in [5.74, 6) is 0.405. The van der Waals surface area contributed by atoms with Crippen LogP contribution in [0.2, 0.25) is 0 Å². The second-order valence-corrected chi connectivity index (χ2v) is 7.29. The van der Waals surface area contributed by atoms with E-state index in [4.69, 9.17) is 14.0 Å². The minimum atomic E-state index is -0.443. The maximum Gasteiger partial charge on any atom is 0.308 e. The van der Waals surface area contributed by atoms with Crippen LogP contribution >= 0.6 is 0 Å².